The Hall–Kier alpha value is -1.89. The first-order valence-electron chi connectivity index (χ1n) is 9.74. The zero-order valence-electron chi connectivity index (χ0n) is 15.9. The van der Waals surface area contributed by atoms with Crippen molar-refractivity contribution in [1.29, 1.82) is 0 Å². The lowest BCUT2D eigenvalue weighted by molar-refractivity contribution is 0.163. The van der Waals surface area contributed by atoms with Gasteiger partial charge in [0.25, 0.3) is 0 Å². The molecule has 2 N–H and O–H groups in total. The van der Waals surface area contributed by atoms with Crippen molar-refractivity contribution >= 4 is 11.8 Å². The molecule has 0 bridgehead atoms. The van der Waals surface area contributed by atoms with Crippen LogP contribution in [0.4, 0.5) is 10.2 Å². The average Bonchev–Trinajstić information content (AvgIpc) is 3.11. The number of nitrogens with one attached hydrogen (secondary N) is 2. The largest absolute Gasteiger partial charge is 0.355 e. The highest BCUT2D eigenvalue weighted by Crippen LogP contribution is 2.20. The number of hydrogen-bond donors (Lipinski definition) is 2. The van der Waals surface area contributed by atoms with E-state index in [2.05, 4.69) is 32.4 Å². The van der Waals surface area contributed by atoms with E-state index in [0.717, 1.165) is 38.6 Å². The number of aromatic nitrogens is 1. The highest BCUT2D eigenvalue weighted by molar-refractivity contribution is 5.80. The third-order valence-electron chi connectivity index (χ3n) is 5.42. The van der Waals surface area contributed by atoms with Crippen LogP contribution in [0, 0.1) is 5.82 Å². The number of halogens is 1. The number of likely N-dealkylation sites (tertiary alicyclic amines) is 1. The molecule has 7 heteroatoms. The summed E-state index contributed by atoms with van der Waals surface area (Å²) in [7, 11) is 1.80. The van der Waals surface area contributed by atoms with E-state index in [1.807, 2.05) is 4.90 Å². The fraction of sp³-hybridized carbons (Fsp3) is 0.684. The monoisotopic (exact) mass is 362 g/mol. The summed E-state index contributed by atoms with van der Waals surface area (Å²) in [4.78, 5) is 13.1. The van der Waals surface area contributed by atoms with E-state index in [-0.39, 0.29) is 11.9 Å². The molecule has 1 aromatic rings. The molecule has 2 atom stereocenters. The van der Waals surface area contributed by atoms with Crippen LogP contribution in [-0.2, 0) is 0 Å². The maximum Gasteiger partial charge on any atom is 0.191 e. The van der Waals surface area contributed by atoms with E-state index in [1.165, 1.54) is 31.9 Å². The normalized spacial score (nSPS) is 24.7. The van der Waals surface area contributed by atoms with E-state index in [1.54, 1.807) is 19.3 Å². The molecule has 0 amide bonds. The van der Waals surface area contributed by atoms with Gasteiger partial charge in [-0.25, -0.2) is 9.37 Å². The summed E-state index contributed by atoms with van der Waals surface area (Å²) in [5.74, 6) is 1.01. The van der Waals surface area contributed by atoms with Crippen molar-refractivity contribution in [1.82, 2.24) is 20.5 Å². The fourth-order valence-electron chi connectivity index (χ4n) is 3.88. The molecule has 26 heavy (non-hydrogen) atoms. The molecule has 0 aliphatic carbocycles. The number of hydrogen-bond acceptors (Lipinski definition) is 4. The van der Waals surface area contributed by atoms with E-state index in [9.17, 15) is 4.39 Å². The molecule has 0 aromatic carbocycles. The van der Waals surface area contributed by atoms with Gasteiger partial charge in [-0.3, -0.25) is 9.89 Å². The molecule has 2 saturated heterocycles. The molecule has 3 rings (SSSR count). The third kappa shape index (κ3) is 4.84. The number of aliphatic imine (C=N–C) groups is 1. The fourth-order valence-corrected chi connectivity index (χ4v) is 3.88. The lowest BCUT2D eigenvalue weighted by atomic mass is 10.0. The van der Waals surface area contributed by atoms with Gasteiger partial charge >= 0.3 is 0 Å². The van der Waals surface area contributed by atoms with Crippen molar-refractivity contribution in [2.45, 2.75) is 44.7 Å². The van der Waals surface area contributed by atoms with Gasteiger partial charge in [0.05, 0.1) is 0 Å². The molecule has 2 fully saturated rings. The van der Waals surface area contributed by atoms with Gasteiger partial charge in [-0.1, -0.05) is 6.42 Å². The van der Waals surface area contributed by atoms with Crippen LogP contribution in [0.5, 0.6) is 0 Å². The molecular formula is C19H31FN6. The summed E-state index contributed by atoms with van der Waals surface area (Å²) in [6.07, 6.45) is 6.54. The minimum absolute atomic E-state index is 0.247. The Labute approximate surface area is 155 Å². The van der Waals surface area contributed by atoms with Crippen molar-refractivity contribution in [3.63, 3.8) is 0 Å². The second-order valence-corrected chi connectivity index (χ2v) is 7.26. The Morgan fingerprint density at radius 1 is 1.35 bits per heavy atom. The summed E-state index contributed by atoms with van der Waals surface area (Å²) in [5.41, 5.74) is 0. The van der Waals surface area contributed by atoms with Gasteiger partial charge in [0, 0.05) is 51.5 Å². The van der Waals surface area contributed by atoms with Gasteiger partial charge in [0.15, 0.2) is 17.6 Å². The molecule has 0 spiro atoms. The molecule has 6 nitrogen and oxygen atoms in total. The van der Waals surface area contributed by atoms with Gasteiger partial charge in [-0.05, 0) is 44.9 Å². The second-order valence-electron chi connectivity index (χ2n) is 7.26. The first-order chi connectivity index (χ1) is 12.7. The van der Waals surface area contributed by atoms with Crippen molar-refractivity contribution in [2.75, 3.05) is 44.7 Å². The molecule has 0 saturated carbocycles. The van der Waals surface area contributed by atoms with Crippen LogP contribution < -0.4 is 15.5 Å². The Balaban J connectivity index is 1.43. The Bertz CT molecular complexity index is 607. The van der Waals surface area contributed by atoms with Crippen LogP contribution in [0.25, 0.3) is 0 Å². The molecule has 3 heterocycles. The van der Waals surface area contributed by atoms with Gasteiger partial charge in [0.1, 0.15) is 0 Å². The van der Waals surface area contributed by atoms with Gasteiger partial charge in [0.2, 0.25) is 0 Å². The van der Waals surface area contributed by atoms with E-state index in [0.29, 0.717) is 11.9 Å². The van der Waals surface area contributed by atoms with Crippen LogP contribution in [-0.4, -0.2) is 67.7 Å². The number of pyridine rings is 1. The van der Waals surface area contributed by atoms with Gasteiger partial charge in [-0.15, -0.1) is 0 Å². The van der Waals surface area contributed by atoms with Crippen LogP contribution in [0.2, 0.25) is 0 Å². The predicted molar refractivity (Wildman–Crippen MR) is 104 cm³/mol. The van der Waals surface area contributed by atoms with E-state index < -0.39 is 0 Å². The SMILES string of the molecule is CN=C(NCCN1CCCCC1C)NC1CCN(c2ncccc2F)C1. The van der Waals surface area contributed by atoms with Gasteiger partial charge < -0.3 is 15.5 Å². The van der Waals surface area contributed by atoms with Crippen LogP contribution in [0.1, 0.15) is 32.6 Å². The summed E-state index contributed by atoms with van der Waals surface area (Å²) in [6, 6.07) is 4.01. The lowest BCUT2D eigenvalue weighted by Gasteiger charge is -2.33. The van der Waals surface area contributed by atoms with Crippen molar-refractivity contribution in [3.05, 3.63) is 24.1 Å². The molecule has 1 aromatic heterocycles. The maximum absolute atomic E-state index is 13.9. The van der Waals surface area contributed by atoms with Crippen LogP contribution in [0.15, 0.2) is 23.3 Å². The van der Waals surface area contributed by atoms with E-state index in [4.69, 9.17) is 0 Å². The molecular weight excluding hydrogens is 331 g/mol. The topological polar surface area (TPSA) is 55.8 Å². The van der Waals surface area contributed by atoms with Gasteiger partial charge in [-0.2, -0.15) is 0 Å². The first-order valence-corrected chi connectivity index (χ1v) is 9.74. The molecule has 2 aliphatic rings. The molecule has 2 aliphatic heterocycles. The predicted octanol–water partition coefficient (Wildman–Crippen LogP) is 1.84. The van der Waals surface area contributed by atoms with Crippen molar-refractivity contribution < 1.29 is 4.39 Å². The summed E-state index contributed by atoms with van der Waals surface area (Å²) in [5, 5.41) is 6.88. The Morgan fingerprint density at radius 3 is 3.00 bits per heavy atom. The quantitative estimate of drug-likeness (QED) is 0.618. The van der Waals surface area contributed by atoms with Crippen LogP contribution in [0.3, 0.4) is 0 Å². The zero-order chi connectivity index (χ0) is 18.4. The highest BCUT2D eigenvalue weighted by Gasteiger charge is 2.26. The minimum Gasteiger partial charge on any atom is -0.355 e. The summed E-state index contributed by atoms with van der Waals surface area (Å²) >= 11 is 0. The molecule has 144 valence electrons. The summed E-state index contributed by atoms with van der Waals surface area (Å²) < 4.78 is 13.9. The van der Waals surface area contributed by atoms with E-state index >= 15 is 0 Å². The average molecular weight is 362 g/mol. The maximum atomic E-state index is 13.9. The number of rotatable bonds is 5. The summed E-state index contributed by atoms with van der Waals surface area (Å²) in [6.45, 7) is 6.97. The number of nitrogens with zero attached hydrogens (tertiary/aromatic N) is 4. The zero-order valence-corrected chi connectivity index (χ0v) is 15.9. The van der Waals surface area contributed by atoms with Crippen molar-refractivity contribution in [2.24, 2.45) is 4.99 Å². The Morgan fingerprint density at radius 2 is 2.23 bits per heavy atom. The number of anilines is 1. The smallest absolute Gasteiger partial charge is 0.191 e. The standard InChI is InChI=1S/C19H31FN6/c1-15-6-3-4-11-25(15)13-10-23-19(21-2)24-16-8-12-26(14-16)18-17(20)7-5-9-22-18/h5,7,9,15-16H,3-4,6,8,10-14H2,1-2H3,(H2,21,23,24). The number of piperidine rings is 1. The molecule has 0 radical (unpaired) electrons. The van der Waals surface area contributed by atoms with Crippen LogP contribution >= 0.6 is 0 Å². The third-order valence-corrected chi connectivity index (χ3v) is 5.42. The second kappa shape index (κ2) is 9.16. The highest BCUT2D eigenvalue weighted by atomic mass is 19.1. The first kappa shape index (κ1) is 18.9. The number of guanidine groups is 1. The Kier molecular flexibility index (Phi) is 6.66. The lowest BCUT2D eigenvalue weighted by Crippen LogP contribution is -2.48. The van der Waals surface area contributed by atoms with Crippen molar-refractivity contribution in [3.8, 4) is 0 Å². The minimum atomic E-state index is -0.258. The molecule has 2 unspecified atom stereocenters.